The van der Waals surface area contributed by atoms with Crippen LogP contribution in [-0.2, 0) is 7.05 Å². The molecule has 128 valence electrons. The van der Waals surface area contributed by atoms with Crippen molar-refractivity contribution in [3.8, 4) is 0 Å². The van der Waals surface area contributed by atoms with Crippen LogP contribution in [0.3, 0.4) is 0 Å². The van der Waals surface area contributed by atoms with Crippen molar-refractivity contribution in [2.45, 2.75) is 0 Å². The summed E-state index contributed by atoms with van der Waals surface area (Å²) in [4.78, 5) is 25.6. The minimum absolute atomic E-state index is 0.0204. The van der Waals surface area contributed by atoms with E-state index in [1.165, 1.54) is 0 Å². The van der Waals surface area contributed by atoms with Gasteiger partial charge >= 0.3 is 0 Å². The second-order valence-corrected chi connectivity index (χ2v) is 6.48. The van der Waals surface area contributed by atoms with Gasteiger partial charge in [0.1, 0.15) is 5.82 Å². The molecule has 1 aromatic carbocycles. The lowest BCUT2D eigenvalue weighted by Gasteiger charge is -2.35. The number of carbonyl (C=O) groups is 1. The van der Waals surface area contributed by atoms with Crippen molar-refractivity contribution in [3.63, 3.8) is 0 Å². The first-order chi connectivity index (χ1) is 12.1. The lowest BCUT2D eigenvalue weighted by Crippen LogP contribution is -2.49. The van der Waals surface area contributed by atoms with E-state index in [0.29, 0.717) is 23.7 Å². The molecule has 1 fully saturated rings. The SMILES string of the molecule is Cn1cc(C(=O)N2CCN(c3cnc4cc(Cl)ccc4n3)CC2)cn1. The summed E-state index contributed by atoms with van der Waals surface area (Å²) >= 11 is 5.98. The molecule has 3 heterocycles. The Kier molecular flexibility index (Phi) is 4.01. The molecule has 8 heteroatoms. The molecule has 3 aromatic rings. The van der Waals surface area contributed by atoms with Gasteiger partial charge in [-0.3, -0.25) is 14.5 Å². The molecule has 1 aliphatic heterocycles. The molecule has 0 atom stereocenters. The molecule has 0 unspecified atom stereocenters. The van der Waals surface area contributed by atoms with Crippen LogP contribution >= 0.6 is 11.6 Å². The van der Waals surface area contributed by atoms with Crippen molar-refractivity contribution in [1.82, 2.24) is 24.6 Å². The second kappa shape index (κ2) is 6.33. The summed E-state index contributed by atoms with van der Waals surface area (Å²) in [6.07, 6.45) is 5.11. The largest absolute Gasteiger partial charge is 0.352 e. The number of nitrogens with zero attached hydrogens (tertiary/aromatic N) is 6. The van der Waals surface area contributed by atoms with Gasteiger partial charge in [0, 0.05) is 44.4 Å². The fourth-order valence-corrected chi connectivity index (χ4v) is 3.15. The van der Waals surface area contributed by atoms with E-state index in [9.17, 15) is 4.79 Å². The fourth-order valence-electron chi connectivity index (χ4n) is 2.98. The first-order valence-electron chi connectivity index (χ1n) is 8.05. The van der Waals surface area contributed by atoms with Gasteiger partial charge < -0.3 is 9.80 Å². The van der Waals surface area contributed by atoms with Crippen LogP contribution in [-0.4, -0.2) is 56.7 Å². The van der Waals surface area contributed by atoms with E-state index in [1.54, 1.807) is 36.4 Å². The van der Waals surface area contributed by atoms with Crippen LogP contribution in [0.5, 0.6) is 0 Å². The Bertz CT molecular complexity index is 932. The molecule has 1 aliphatic rings. The summed E-state index contributed by atoms with van der Waals surface area (Å²) in [6.45, 7) is 2.74. The van der Waals surface area contributed by atoms with E-state index in [2.05, 4.69) is 20.0 Å². The molecule has 0 spiro atoms. The lowest BCUT2D eigenvalue weighted by molar-refractivity contribution is 0.0746. The van der Waals surface area contributed by atoms with Gasteiger partial charge in [0.05, 0.1) is 29.0 Å². The molecule has 0 N–H and O–H groups in total. The highest BCUT2D eigenvalue weighted by atomic mass is 35.5. The number of aryl methyl sites for hydroxylation is 1. The zero-order valence-corrected chi connectivity index (χ0v) is 14.5. The Morgan fingerprint density at radius 2 is 1.92 bits per heavy atom. The van der Waals surface area contributed by atoms with Crippen molar-refractivity contribution >= 4 is 34.4 Å². The molecule has 0 bridgehead atoms. The smallest absolute Gasteiger partial charge is 0.257 e. The average Bonchev–Trinajstić information content (AvgIpc) is 3.07. The number of anilines is 1. The highest BCUT2D eigenvalue weighted by Crippen LogP contribution is 2.20. The molecule has 0 aliphatic carbocycles. The molecule has 1 saturated heterocycles. The number of fused-ring (bicyclic) bond motifs is 1. The van der Waals surface area contributed by atoms with Gasteiger partial charge in [-0.05, 0) is 18.2 Å². The lowest BCUT2D eigenvalue weighted by atomic mass is 10.2. The van der Waals surface area contributed by atoms with Gasteiger partial charge in [0.25, 0.3) is 5.91 Å². The van der Waals surface area contributed by atoms with Crippen LogP contribution in [0.15, 0.2) is 36.8 Å². The Hall–Kier alpha value is -2.67. The maximum atomic E-state index is 12.5. The van der Waals surface area contributed by atoms with Gasteiger partial charge in [0.2, 0.25) is 0 Å². The maximum absolute atomic E-state index is 12.5. The number of hydrogen-bond acceptors (Lipinski definition) is 5. The number of halogens is 1. The Balaban J connectivity index is 1.46. The quantitative estimate of drug-likeness (QED) is 0.702. The van der Waals surface area contributed by atoms with Crippen molar-refractivity contribution in [2.75, 3.05) is 31.1 Å². The molecule has 25 heavy (non-hydrogen) atoms. The van der Waals surface area contributed by atoms with Crippen LogP contribution < -0.4 is 4.90 Å². The summed E-state index contributed by atoms with van der Waals surface area (Å²) in [5, 5.41) is 4.71. The van der Waals surface area contributed by atoms with Gasteiger partial charge in [-0.15, -0.1) is 0 Å². The molecule has 0 saturated carbocycles. The van der Waals surface area contributed by atoms with Gasteiger partial charge in [-0.2, -0.15) is 5.10 Å². The van der Waals surface area contributed by atoms with Gasteiger partial charge in [-0.25, -0.2) is 4.98 Å². The minimum Gasteiger partial charge on any atom is -0.352 e. The number of aromatic nitrogens is 4. The van der Waals surface area contributed by atoms with E-state index in [0.717, 1.165) is 29.9 Å². The van der Waals surface area contributed by atoms with Crippen molar-refractivity contribution in [3.05, 3.63) is 47.4 Å². The van der Waals surface area contributed by atoms with Crippen LogP contribution in [0.25, 0.3) is 11.0 Å². The third-order valence-electron chi connectivity index (χ3n) is 4.33. The van der Waals surface area contributed by atoms with Crippen LogP contribution in [0.4, 0.5) is 5.82 Å². The van der Waals surface area contributed by atoms with E-state index >= 15 is 0 Å². The number of rotatable bonds is 2. The van der Waals surface area contributed by atoms with Gasteiger partial charge in [0.15, 0.2) is 0 Å². The topological polar surface area (TPSA) is 67.2 Å². The second-order valence-electron chi connectivity index (χ2n) is 6.04. The first-order valence-corrected chi connectivity index (χ1v) is 8.43. The van der Waals surface area contributed by atoms with E-state index in [-0.39, 0.29) is 5.91 Å². The molecule has 7 nitrogen and oxygen atoms in total. The fraction of sp³-hybridized carbons (Fsp3) is 0.294. The molecular weight excluding hydrogens is 340 g/mol. The number of carbonyl (C=O) groups excluding carboxylic acids is 1. The average molecular weight is 357 g/mol. The van der Waals surface area contributed by atoms with Crippen LogP contribution in [0.1, 0.15) is 10.4 Å². The normalized spacial score (nSPS) is 15.0. The standard InChI is InChI=1S/C17H17ClN6O/c1-22-11-12(9-20-22)17(25)24-6-4-23(5-7-24)16-10-19-15-8-13(18)2-3-14(15)21-16/h2-3,8-11H,4-7H2,1H3. The van der Waals surface area contributed by atoms with E-state index < -0.39 is 0 Å². The predicted molar refractivity (Wildman–Crippen MR) is 95.9 cm³/mol. The van der Waals surface area contributed by atoms with E-state index in [1.807, 2.05) is 17.0 Å². The van der Waals surface area contributed by atoms with Gasteiger partial charge in [-0.1, -0.05) is 11.6 Å². The molecule has 0 radical (unpaired) electrons. The van der Waals surface area contributed by atoms with E-state index in [4.69, 9.17) is 11.6 Å². The first kappa shape index (κ1) is 15.8. The van der Waals surface area contributed by atoms with Crippen molar-refractivity contribution in [1.29, 1.82) is 0 Å². The van der Waals surface area contributed by atoms with Crippen LogP contribution in [0.2, 0.25) is 5.02 Å². The Morgan fingerprint density at radius 3 is 2.64 bits per heavy atom. The number of amides is 1. The molecular formula is C17H17ClN6O. The Morgan fingerprint density at radius 1 is 1.12 bits per heavy atom. The summed E-state index contributed by atoms with van der Waals surface area (Å²) in [6, 6.07) is 5.49. The molecule has 4 rings (SSSR count). The zero-order valence-electron chi connectivity index (χ0n) is 13.8. The number of hydrogen-bond donors (Lipinski definition) is 0. The number of piperazine rings is 1. The minimum atomic E-state index is 0.0204. The van der Waals surface area contributed by atoms with Crippen LogP contribution in [0, 0.1) is 0 Å². The third kappa shape index (κ3) is 3.15. The summed E-state index contributed by atoms with van der Waals surface area (Å²) in [5.41, 5.74) is 2.22. The Labute approximate surface area is 149 Å². The van der Waals surface area contributed by atoms with Crippen molar-refractivity contribution < 1.29 is 4.79 Å². The third-order valence-corrected chi connectivity index (χ3v) is 4.57. The monoisotopic (exact) mass is 356 g/mol. The summed E-state index contributed by atoms with van der Waals surface area (Å²) in [7, 11) is 1.81. The zero-order chi connectivity index (χ0) is 17.4. The predicted octanol–water partition coefficient (Wildman–Crippen LogP) is 1.98. The van der Waals surface area contributed by atoms with Crippen molar-refractivity contribution in [2.24, 2.45) is 7.05 Å². The molecule has 2 aromatic heterocycles. The molecule has 1 amide bonds. The maximum Gasteiger partial charge on any atom is 0.257 e. The summed E-state index contributed by atoms with van der Waals surface area (Å²) in [5.74, 6) is 0.843. The number of benzene rings is 1. The highest BCUT2D eigenvalue weighted by Gasteiger charge is 2.23. The highest BCUT2D eigenvalue weighted by molar-refractivity contribution is 6.31. The summed E-state index contributed by atoms with van der Waals surface area (Å²) < 4.78 is 1.64.